The molecule has 0 aliphatic carbocycles. The number of hydrogen-bond acceptors (Lipinski definition) is 4. The molecule has 194 valence electrons. The lowest BCUT2D eigenvalue weighted by Gasteiger charge is -1.92. The van der Waals surface area contributed by atoms with E-state index in [4.69, 9.17) is 0 Å². The predicted molar refractivity (Wildman–Crippen MR) is 155 cm³/mol. The quantitative estimate of drug-likeness (QED) is 0.139. The second kappa shape index (κ2) is 6.62. The normalized spacial score (nSPS) is 12.6. The Balaban J connectivity index is 1.34. The van der Waals surface area contributed by atoms with Gasteiger partial charge < -0.3 is 49.8 Å². The van der Waals surface area contributed by atoms with Crippen LogP contribution >= 0.6 is 0 Å². The largest absolute Gasteiger partial charge is 0.342 e. The highest BCUT2D eigenvalue weighted by Crippen LogP contribution is 2.46. The van der Waals surface area contributed by atoms with Crippen molar-refractivity contribution in [3.8, 4) is 24.3 Å². The van der Waals surface area contributed by atoms with Crippen LogP contribution < -0.4 is 0 Å². The molecule has 10 aromatic rings. The van der Waals surface area contributed by atoms with E-state index < -0.39 is 0 Å². The Morgan fingerprint density at radius 1 is 0.357 bits per heavy atom. The van der Waals surface area contributed by atoms with E-state index in [0.29, 0.717) is 11.4 Å². The Morgan fingerprint density at radius 3 is 0.929 bits per heavy atom. The molecule has 42 heavy (non-hydrogen) atoms. The third-order valence-electron chi connectivity index (χ3n) is 8.41. The molecule has 10 heterocycles. The van der Waals surface area contributed by atoms with E-state index in [9.17, 15) is 21.0 Å². The van der Waals surface area contributed by atoms with Crippen molar-refractivity contribution in [2.75, 3.05) is 0 Å². The molecule has 2 radical (unpaired) electrons. The fraction of sp³-hybridized carbons (Fsp3) is 0. The summed E-state index contributed by atoms with van der Waals surface area (Å²) in [5.74, 6) is 0.0302. The molecule has 0 unspecified atom stereocenters. The average Bonchev–Trinajstić information content (AvgIpc) is 3.78. The van der Waals surface area contributed by atoms with Crippen molar-refractivity contribution in [2.24, 2.45) is 0 Å². The number of fused-ring (bicyclic) bond motifs is 17. The third kappa shape index (κ3) is 2.18. The molecular formula is C28H12N14. The number of nitrogens with zero attached hydrogens (tertiary/aromatic N) is 4. The van der Waals surface area contributed by atoms with Crippen LogP contribution in [-0.2, 0) is 0 Å². The Bertz CT molecular complexity index is 2750. The molecule has 14 nitrogen and oxygen atoms in total. The van der Waals surface area contributed by atoms with Crippen LogP contribution in [0.25, 0.3) is 99.3 Å². The van der Waals surface area contributed by atoms with Crippen molar-refractivity contribution in [2.45, 2.75) is 0 Å². The minimum Gasteiger partial charge on any atom is -0.342 e. The van der Waals surface area contributed by atoms with Gasteiger partial charge in [-0.25, -0.2) is 0 Å². The van der Waals surface area contributed by atoms with Gasteiger partial charge in [-0.3, -0.25) is 0 Å². The van der Waals surface area contributed by atoms with Gasteiger partial charge in [-0.2, -0.15) is 21.0 Å². The van der Waals surface area contributed by atoms with Gasteiger partial charge in [-0.1, -0.05) is 0 Å². The molecule has 0 saturated carbocycles. The van der Waals surface area contributed by atoms with E-state index in [1.54, 1.807) is 0 Å². The van der Waals surface area contributed by atoms with Gasteiger partial charge in [0.05, 0.1) is 35.7 Å². The van der Waals surface area contributed by atoms with Crippen molar-refractivity contribution in [3.05, 3.63) is 35.4 Å². The van der Waals surface area contributed by atoms with Crippen molar-refractivity contribution < 1.29 is 0 Å². The Morgan fingerprint density at radius 2 is 0.619 bits per heavy atom. The monoisotopic (exact) mass is 544 g/mol. The number of H-pyrrole nitrogens is 10. The summed E-state index contributed by atoms with van der Waals surface area (Å²) in [5.41, 5.74) is 8.22. The minimum atomic E-state index is 0.0151. The second-order valence-corrected chi connectivity index (χ2v) is 10.4. The zero-order valence-electron chi connectivity index (χ0n) is 20.9. The number of nitrogens with one attached hydrogen (secondary N) is 10. The van der Waals surface area contributed by atoms with Crippen LogP contribution in [0, 0.1) is 57.2 Å². The van der Waals surface area contributed by atoms with Gasteiger partial charge in [0.2, 0.25) is 11.8 Å². The van der Waals surface area contributed by atoms with Crippen LogP contribution in [0.2, 0.25) is 0 Å². The molecule has 0 atom stereocenters. The number of nitriles is 4. The third-order valence-corrected chi connectivity index (χ3v) is 8.41. The molecule has 0 spiro atoms. The van der Waals surface area contributed by atoms with E-state index >= 15 is 0 Å². The Hall–Kier alpha value is -6.90. The summed E-state index contributed by atoms with van der Waals surface area (Å²) >= 11 is 0. The van der Waals surface area contributed by atoms with E-state index in [2.05, 4.69) is 49.8 Å². The Labute approximate surface area is 229 Å². The molecule has 10 aromatic heterocycles. The molecule has 14 heteroatoms. The number of hydrogen-bond donors (Lipinski definition) is 10. The maximum Gasteiger partial charge on any atom is 0.220 e. The van der Waals surface area contributed by atoms with Crippen LogP contribution in [0.1, 0.15) is 11.4 Å². The average molecular weight is 545 g/mol. The molecular weight excluding hydrogens is 532 g/mol. The number of rotatable bonds is 2. The van der Waals surface area contributed by atoms with Gasteiger partial charge in [0.25, 0.3) is 0 Å². The van der Waals surface area contributed by atoms with Crippen molar-refractivity contribution >= 4 is 99.3 Å². The fourth-order valence-electron chi connectivity index (χ4n) is 6.82. The van der Waals surface area contributed by atoms with E-state index in [0.717, 1.165) is 99.3 Å². The van der Waals surface area contributed by atoms with Gasteiger partial charge >= 0.3 is 0 Å². The van der Waals surface area contributed by atoms with Gasteiger partial charge in [0.1, 0.15) is 50.8 Å². The van der Waals surface area contributed by atoms with E-state index in [-0.39, 0.29) is 11.8 Å². The summed E-state index contributed by atoms with van der Waals surface area (Å²) in [4.78, 5) is 33.8. The van der Waals surface area contributed by atoms with Crippen LogP contribution in [0.5, 0.6) is 0 Å². The summed E-state index contributed by atoms with van der Waals surface area (Å²) in [5, 5.41) is 46.1. The topological polar surface area (TPSA) is 253 Å². The highest BCUT2D eigenvalue weighted by atomic mass is 15.1. The highest BCUT2D eigenvalue weighted by Gasteiger charge is 2.27. The molecule has 0 bridgehead atoms. The second-order valence-electron chi connectivity index (χ2n) is 10.4. The first kappa shape index (κ1) is 21.0. The summed E-state index contributed by atoms with van der Waals surface area (Å²) in [6, 6.07) is 11.5. The SMILES string of the molecule is N#C[C](C#N)c1cc2c([nH]1)[nH]c1[nH]c3[nH]c4[nH]c5[nH]c6[nH]c7[nH]c8[nH]c9[nH]c([C](C#N)C#N)cc9c8c7c6c5c4c3c12. The molecule has 0 aliphatic heterocycles. The van der Waals surface area contributed by atoms with Crippen LogP contribution in [-0.4, -0.2) is 49.8 Å². The van der Waals surface area contributed by atoms with Crippen LogP contribution in [0.3, 0.4) is 0 Å². The van der Waals surface area contributed by atoms with Crippen molar-refractivity contribution in [1.29, 1.82) is 21.0 Å². The lowest BCUT2D eigenvalue weighted by atomic mass is 10.1. The first-order valence-corrected chi connectivity index (χ1v) is 12.8. The number of aromatic nitrogens is 10. The molecule has 0 aliphatic rings. The maximum absolute atomic E-state index is 9.39. The van der Waals surface area contributed by atoms with Crippen LogP contribution in [0.15, 0.2) is 12.1 Å². The molecule has 0 fully saturated rings. The lowest BCUT2D eigenvalue weighted by molar-refractivity contribution is 1.22. The number of aromatic amines is 10. The molecule has 10 rings (SSSR count). The molecule has 0 amide bonds. The first-order valence-electron chi connectivity index (χ1n) is 12.8. The molecule has 0 saturated heterocycles. The van der Waals surface area contributed by atoms with Gasteiger partial charge in [0, 0.05) is 48.5 Å². The van der Waals surface area contributed by atoms with E-state index in [1.165, 1.54) is 0 Å². The zero-order valence-corrected chi connectivity index (χ0v) is 20.9. The minimum absolute atomic E-state index is 0.0151. The van der Waals surface area contributed by atoms with Gasteiger partial charge in [-0.15, -0.1) is 0 Å². The fourth-order valence-corrected chi connectivity index (χ4v) is 6.82. The maximum atomic E-state index is 9.39. The zero-order chi connectivity index (χ0) is 28.0. The standard InChI is InChI=1S/C28H12N14/c29-3-7(4-30)11-1-9-13-15-17-19-18-16-14-10-2-12(8(5-31)6-32)34-21(10)36-23(14)38-25(16)40-27(18)42-28(19)41-26(17)39-24(15)37-22(13)35-20(9)33-11/h1-2,33-42H. The summed E-state index contributed by atoms with van der Waals surface area (Å²) < 4.78 is 0. The highest BCUT2D eigenvalue weighted by molar-refractivity contribution is 6.40. The van der Waals surface area contributed by atoms with E-state index in [1.807, 2.05) is 36.4 Å². The van der Waals surface area contributed by atoms with Crippen LogP contribution in [0.4, 0.5) is 0 Å². The van der Waals surface area contributed by atoms with Gasteiger partial charge in [0.15, 0.2) is 0 Å². The van der Waals surface area contributed by atoms with Gasteiger partial charge in [-0.05, 0) is 12.1 Å². The van der Waals surface area contributed by atoms with Crippen molar-refractivity contribution in [3.63, 3.8) is 0 Å². The lowest BCUT2D eigenvalue weighted by Crippen LogP contribution is -1.92. The van der Waals surface area contributed by atoms with Crippen molar-refractivity contribution in [1.82, 2.24) is 49.8 Å². The summed E-state index contributed by atoms with van der Waals surface area (Å²) in [6.07, 6.45) is 0. The molecule has 0 aromatic carbocycles. The predicted octanol–water partition coefficient (Wildman–Crippen LogP) is 5.29. The summed E-state index contributed by atoms with van der Waals surface area (Å²) in [6.45, 7) is 0. The molecule has 10 N–H and O–H groups in total. The first-order chi connectivity index (χ1) is 20.6. The smallest absolute Gasteiger partial charge is 0.220 e. The Kier molecular flexibility index (Phi) is 3.31. The summed E-state index contributed by atoms with van der Waals surface area (Å²) in [7, 11) is 0.